The number of rotatable bonds is 4. The fourth-order valence-electron chi connectivity index (χ4n) is 2.62. The molecule has 0 spiro atoms. The first kappa shape index (κ1) is 16.2. The number of benzene rings is 2. The van der Waals surface area contributed by atoms with E-state index in [1.54, 1.807) is 24.3 Å². The standard InChI is InChI=1S/C17H16N2O2.ClH/c18-13(10-12-6-2-1-3-7-12)11-19-16(20)14-8-4-5-9-15(14)17(19)21;/h1-9,13H,10-11,18H2;1H/t13-;/m0./s1. The average molecular weight is 317 g/mol. The van der Waals surface area contributed by atoms with Crippen LogP contribution in [0.3, 0.4) is 0 Å². The normalized spacial score (nSPS) is 14.5. The highest BCUT2D eigenvalue weighted by molar-refractivity contribution is 6.21. The molecule has 4 nitrogen and oxygen atoms in total. The fraction of sp³-hybridized carbons (Fsp3) is 0.176. The van der Waals surface area contributed by atoms with Gasteiger partial charge < -0.3 is 5.73 Å². The highest BCUT2D eigenvalue weighted by Gasteiger charge is 2.35. The smallest absolute Gasteiger partial charge is 0.261 e. The average Bonchev–Trinajstić information content (AvgIpc) is 2.74. The lowest BCUT2D eigenvalue weighted by molar-refractivity contribution is 0.0644. The predicted molar refractivity (Wildman–Crippen MR) is 87.2 cm³/mol. The van der Waals surface area contributed by atoms with Crippen molar-refractivity contribution in [1.82, 2.24) is 4.90 Å². The van der Waals surface area contributed by atoms with Gasteiger partial charge in [0.25, 0.3) is 11.8 Å². The molecule has 0 saturated heterocycles. The molecule has 0 saturated carbocycles. The summed E-state index contributed by atoms with van der Waals surface area (Å²) in [4.78, 5) is 25.7. The van der Waals surface area contributed by atoms with Crippen molar-refractivity contribution < 1.29 is 9.59 Å². The third-order valence-electron chi connectivity index (χ3n) is 3.64. The molecule has 22 heavy (non-hydrogen) atoms. The molecule has 2 aromatic carbocycles. The summed E-state index contributed by atoms with van der Waals surface area (Å²) in [6.45, 7) is 0.237. The minimum Gasteiger partial charge on any atom is -0.326 e. The topological polar surface area (TPSA) is 63.4 Å². The Hall–Kier alpha value is -2.17. The zero-order valence-electron chi connectivity index (χ0n) is 11.9. The number of nitrogens with zero attached hydrogens (tertiary/aromatic N) is 1. The van der Waals surface area contributed by atoms with Crippen LogP contribution in [0.5, 0.6) is 0 Å². The Labute approximate surface area is 135 Å². The van der Waals surface area contributed by atoms with Crippen LogP contribution >= 0.6 is 12.4 Å². The van der Waals surface area contributed by atoms with Crippen LogP contribution in [0, 0.1) is 0 Å². The number of halogens is 1. The molecule has 1 atom stereocenters. The van der Waals surface area contributed by atoms with Gasteiger partial charge in [-0.25, -0.2) is 0 Å². The molecule has 0 aromatic heterocycles. The van der Waals surface area contributed by atoms with Crippen LogP contribution in [0.15, 0.2) is 54.6 Å². The van der Waals surface area contributed by atoms with Crippen LogP contribution in [-0.2, 0) is 6.42 Å². The molecule has 0 aliphatic carbocycles. The van der Waals surface area contributed by atoms with E-state index in [9.17, 15) is 9.59 Å². The van der Waals surface area contributed by atoms with Crippen LogP contribution in [0.2, 0.25) is 0 Å². The van der Waals surface area contributed by atoms with Crippen LogP contribution in [0.1, 0.15) is 26.3 Å². The van der Waals surface area contributed by atoms with Gasteiger partial charge in [0, 0.05) is 12.6 Å². The van der Waals surface area contributed by atoms with Crippen LogP contribution < -0.4 is 5.73 Å². The number of nitrogens with two attached hydrogens (primary N) is 1. The summed E-state index contributed by atoms with van der Waals surface area (Å²) in [5.74, 6) is -0.502. The maximum Gasteiger partial charge on any atom is 0.261 e. The zero-order chi connectivity index (χ0) is 14.8. The third kappa shape index (κ3) is 3.03. The van der Waals surface area contributed by atoms with Gasteiger partial charge in [-0.1, -0.05) is 42.5 Å². The Balaban J connectivity index is 0.00000176. The molecule has 0 radical (unpaired) electrons. The minimum atomic E-state index is -0.269. The molecule has 5 heteroatoms. The SMILES string of the molecule is Cl.N[C@@H](Cc1ccccc1)CN1C(=O)c2ccccc2C1=O. The van der Waals surface area contributed by atoms with Crippen molar-refractivity contribution in [2.45, 2.75) is 12.5 Å². The largest absolute Gasteiger partial charge is 0.326 e. The van der Waals surface area contributed by atoms with E-state index >= 15 is 0 Å². The van der Waals surface area contributed by atoms with Crippen molar-refractivity contribution >= 4 is 24.2 Å². The number of carbonyl (C=O) groups excluding carboxylic acids is 2. The number of amides is 2. The number of carbonyl (C=O) groups is 2. The molecule has 1 aliphatic heterocycles. The summed E-state index contributed by atoms with van der Waals surface area (Å²) in [6, 6.07) is 16.4. The van der Waals surface area contributed by atoms with Crippen LogP contribution in [-0.4, -0.2) is 29.3 Å². The summed E-state index contributed by atoms with van der Waals surface area (Å²) in [5, 5.41) is 0. The van der Waals surface area contributed by atoms with Gasteiger partial charge in [-0.2, -0.15) is 0 Å². The second-order valence-corrected chi connectivity index (χ2v) is 5.22. The van der Waals surface area contributed by atoms with E-state index in [1.807, 2.05) is 30.3 Å². The zero-order valence-corrected chi connectivity index (χ0v) is 12.8. The third-order valence-corrected chi connectivity index (χ3v) is 3.64. The monoisotopic (exact) mass is 316 g/mol. The quantitative estimate of drug-likeness (QED) is 0.880. The second kappa shape index (κ2) is 6.73. The summed E-state index contributed by atoms with van der Waals surface area (Å²) in [7, 11) is 0. The second-order valence-electron chi connectivity index (χ2n) is 5.22. The molecular formula is C17H17ClN2O2. The molecule has 2 aromatic rings. The van der Waals surface area contributed by atoms with Crippen molar-refractivity contribution in [3.63, 3.8) is 0 Å². The van der Waals surface area contributed by atoms with Crippen molar-refractivity contribution in [3.8, 4) is 0 Å². The lowest BCUT2D eigenvalue weighted by Gasteiger charge is -2.19. The molecule has 1 aliphatic rings. The highest BCUT2D eigenvalue weighted by atomic mass is 35.5. The summed E-state index contributed by atoms with van der Waals surface area (Å²) in [5.41, 5.74) is 8.13. The molecule has 2 N–H and O–H groups in total. The van der Waals surface area contributed by atoms with Crippen LogP contribution in [0.25, 0.3) is 0 Å². The van der Waals surface area contributed by atoms with Crippen molar-refractivity contribution in [2.75, 3.05) is 6.54 Å². The lowest BCUT2D eigenvalue weighted by Crippen LogP contribution is -2.41. The van der Waals surface area contributed by atoms with E-state index in [4.69, 9.17) is 5.73 Å². The molecule has 114 valence electrons. The molecule has 1 heterocycles. The van der Waals surface area contributed by atoms with Crippen LogP contribution in [0.4, 0.5) is 0 Å². The molecule has 0 unspecified atom stereocenters. The Morgan fingerprint density at radius 3 is 1.91 bits per heavy atom. The van der Waals surface area contributed by atoms with E-state index in [0.717, 1.165) is 5.56 Å². The maximum atomic E-state index is 12.2. The molecular weight excluding hydrogens is 300 g/mol. The van der Waals surface area contributed by atoms with E-state index in [-0.39, 0.29) is 36.8 Å². The summed E-state index contributed by atoms with van der Waals surface area (Å²) in [6.07, 6.45) is 0.633. The van der Waals surface area contributed by atoms with Crippen molar-refractivity contribution in [1.29, 1.82) is 0 Å². The first-order chi connectivity index (χ1) is 10.2. The summed E-state index contributed by atoms with van der Waals surface area (Å²) < 4.78 is 0. The van der Waals surface area contributed by atoms with Gasteiger partial charge >= 0.3 is 0 Å². The van der Waals surface area contributed by atoms with Crippen molar-refractivity contribution in [2.24, 2.45) is 5.73 Å². The Morgan fingerprint density at radius 2 is 1.36 bits per heavy atom. The van der Waals surface area contributed by atoms with E-state index < -0.39 is 0 Å². The fourth-order valence-corrected chi connectivity index (χ4v) is 2.62. The number of hydrogen-bond acceptors (Lipinski definition) is 3. The highest BCUT2D eigenvalue weighted by Crippen LogP contribution is 2.22. The van der Waals surface area contributed by atoms with Gasteiger partial charge in [-0.15, -0.1) is 12.4 Å². The Morgan fingerprint density at radius 1 is 0.864 bits per heavy atom. The van der Waals surface area contributed by atoms with E-state index in [2.05, 4.69) is 0 Å². The Bertz CT molecular complexity index is 653. The van der Waals surface area contributed by atoms with Gasteiger partial charge in [0.2, 0.25) is 0 Å². The molecule has 3 rings (SSSR count). The summed E-state index contributed by atoms with van der Waals surface area (Å²) >= 11 is 0. The minimum absolute atomic E-state index is 0. The maximum absolute atomic E-state index is 12.2. The number of fused-ring (bicyclic) bond motifs is 1. The van der Waals surface area contributed by atoms with Gasteiger partial charge in [-0.3, -0.25) is 14.5 Å². The molecule has 0 fully saturated rings. The van der Waals surface area contributed by atoms with E-state index in [1.165, 1.54) is 4.90 Å². The first-order valence-electron chi connectivity index (χ1n) is 6.91. The van der Waals surface area contributed by atoms with Gasteiger partial charge in [0.1, 0.15) is 0 Å². The predicted octanol–water partition coefficient (Wildman–Crippen LogP) is 2.27. The van der Waals surface area contributed by atoms with Gasteiger partial charge in [-0.05, 0) is 24.1 Å². The first-order valence-corrected chi connectivity index (χ1v) is 6.91. The van der Waals surface area contributed by atoms with Gasteiger partial charge in [0.15, 0.2) is 0 Å². The van der Waals surface area contributed by atoms with Crippen molar-refractivity contribution in [3.05, 3.63) is 71.3 Å². The molecule has 2 amide bonds. The van der Waals surface area contributed by atoms with Gasteiger partial charge in [0.05, 0.1) is 11.1 Å². The number of hydrogen-bond donors (Lipinski definition) is 1. The number of imide groups is 1. The van der Waals surface area contributed by atoms with E-state index in [0.29, 0.717) is 17.5 Å². The lowest BCUT2D eigenvalue weighted by atomic mass is 10.1. The Kier molecular flexibility index (Phi) is 4.96. The molecule has 0 bridgehead atoms.